The van der Waals surface area contributed by atoms with Crippen LogP contribution >= 0.6 is 0 Å². The lowest BCUT2D eigenvalue weighted by Gasteiger charge is -2.16. The molecule has 1 aliphatic rings. The van der Waals surface area contributed by atoms with Crippen LogP contribution in [-0.2, 0) is 4.79 Å². The number of carbonyl (C=O) groups is 1. The highest BCUT2D eigenvalue weighted by Gasteiger charge is 2.34. The predicted molar refractivity (Wildman–Crippen MR) is 62.4 cm³/mol. The van der Waals surface area contributed by atoms with Crippen LogP contribution in [0.15, 0.2) is 24.3 Å². The summed E-state index contributed by atoms with van der Waals surface area (Å²) in [6.45, 7) is 0. The van der Waals surface area contributed by atoms with Crippen LogP contribution in [0.3, 0.4) is 0 Å². The van der Waals surface area contributed by atoms with Crippen LogP contribution in [-0.4, -0.2) is 23.2 Å². The Labute approximate surface area is 98.9 Å². The molecule has 3 atom stereocenters. The Morgan fingerprint density at radius 2 is 2.29 bits per heavy atom. The molecule has 5 nitrogen and oxygen atoms in total. The SMILES string of the molecule is N#C[C@H]1Nc2ccccc2[C@H]1CC(N)C(=O)O. The van der Waals surface area contributed by atoms with Gasteiger partial charge >= 0.3 is 5.97 Å². The molecule has 1 unspecified atom stereocenters. The minimum atomic E-state index is -1.04. The minimum absolute atomic E-state index is 0.165. The lowest BCUT2D eigenvalue weighted by molar-refractivity contribution is -0.138. The second kappa shape index (κ2) is 4.44. The second-order valence-corrected chi connectivity index (χ2v) is 4.13. The fourth-order valence-corrected chi connectivity index (χ4v) is 2.16. The van der Waals surface area contributed by atoms with Gasteiger partial charge in [-0.05, 0) is 18.1 Å². The van der Waals surface area contributed by atoms with E-state index in [1.165, 1.54) is 0 Å². The van der Waals surface area contributed by atoms with E-state index in [1.54, 1.807) is 0 Å². The van der Waals surface area contributed by atoms with E-state index in [0.717, 1.165) is 11.3 Å². The molecule has 5 heteroatoms. The molecule has 0 saturated carbocycles. The number of hydrogen-bond acceptors (Lipinski definition) is 4. The van der Waals surface area contributed by atoms with Crippen molar-refractivity contribution in [3.63, 3.8) is 0 Å². The number of hydrogen-bond donors (Lipinski definition) is 3. The Morgan fingerprint density at radius 3 is 2.94 bits per heavy atom. The third-order valence-corrected chi connectivity index (χ3v) is 3.04. The highest BCUT2D eigenvalue weighted by atomic mass is 16.4. The van der Waals surface area contributed by atoms with Crippen molar-refractivity contribution in [2.45, 2.75) is 24.4 Å². The molecule has 0 aromatic heterocycles. The van der Waals surface area contributed by atoms with E-state index in [0.29, 0.717) is 0 Å². The average Bonchev–Trinajstić information content (AvgIpc) is 2.67. The topological polar surface area (TPSA) is 99.1 Å². The second-order valence-electron chi connectivity index (χ2n) is 4.13. The maximum Gasteiger partial charge on any atom is 0.320 e. The van der Waals surface area contributed by atoms with Gasteiger partial charge in [0.25, 0.3) is 0 Å². The van der Waals surface area contributed by atoms with Gasteiger partial charge < -0.3 is 16.2 Å². The van der Waals surface area contributed by atoms with E-state index in [4.69, 9.17) is 16.1 Å². The van der Waals surface area contributed by atoms with E-state index >= 15 is 0 Å². The van der Waals surface area contributed by atoms with Crippen molar-refractivity contribution in [2.75, 3.05) is 5.32 Å². The van der Waals surface area contributed by atoms with Crippen molar-refractivity contribution < 1.29 is 9.90 Å². The van der Waals surface area contributed by atoms with Gasteiger partial charge in [-0.1, -0.05) is 18.2 Å². The number of rotatable bonds is 3. The molecular formula is C12H13N3O2. The van der Waals surface area contributed by atoms with Gasteiger partial charge in [-0.3, -0.25) is 4.79 Å². The van der Waals surface area contributed by atoms with Gasteiger partial charge in [-0.25, -0.2) is 0 Å². The maximum atomic E-state index is 10.8. The van der Waals surface area contributed by atoms with E-state index < -0.39 is 18.1 Å². The molecule has 0 aliphatic carbocycles. The molecule has 88 valence electrons. The molecule has 17 heavy (non-hydrogen) atoms. The number of anilines is 1. The summed E-state index contributed by atoms with van der Waals surface area (Å²) in [6.07, 6.45) is 0.261. The number of para-hydroxylation sites is 1. The molecule has 0 radical (unpaired) electrons. The molecule has 1 aromatic rings. The third-order valence-electron chi connectivity index (χ3n) is 3.04. The summed E-state index contributed by atoms with van der Waals surface area (Å²) in [6, 6.07) is 8.33. The Morgan fingerprint density at radius 1 is 1.59 bits per heavy atom. The number of carboxylic acid groups (broad SMARTS) is 1. The molecule has 0 saturated heterocycles. The number of fused-ring (bicyclic) bond motifs is 1. The number of aliphatic carboxylic acids is 1. The first-order valence-corrected chi connectivity index (χ1v) is 5.37. The molecule has 1 aromatic carbocycles. The maximum absolute atomic E-state index is 10.8. The first kappa shape index (κ1) is 11.4. The Balaban J connectivity index is 2.25. The monoisotopic (exact) mass is 231 g/mol. The average molecular weight is 231 g/mol. The lowest BCUT2D eigenvalue weighted by Crippen LogP contribution is -2.34. The summed E-state index contributed by atoms with van der Waals surface area (Å²) in [5.74, 6) is -1.20. The van der Waals surface area contributed by atoms with E-state index in [9.17, 15) is 4.79 Å². The van der Waals surface area contributed by atoms with Gasteiger partial charge in [0, 0.05) is 11.6 Å². The summed E-state index contributed by atoms with van der Waals surface area (Å²) in [4.78, 5) is 10.8. The fraction of sp³-hybridized carbons (Fsp3) is 0.333. The molecule has 0 amide bonds. The zero-order valence-corrected chi connectivity index (χ0v) is 9.13. The third kappa shape index (κ3) is 2.08. The number of nitriles is 1. The van der Waals surface area contributed by atoms with Crippen molar-refractivity contribution in [2.24, 2.45) is 5.73 Å². The fourth-order valence-electron chi connectivity index (χ4n) is 2.16. The van der Waals surface area contributed by atoms with Crippen LogP contribution in [0, 0.1) is 11.3 Å². The first-order valence-electron chi connectivity index (χ1n) is 5.37. The summed E-state index contributed by atoms with van der Waals surface area (Å²) in [5.41, 5.74) is 7.39. The van der Waals surface area contributed by atoms with Crippen molar-refractivity contribution in [1.82, 2.24) is 0 Å². The molecule has 1 aliphatic heterocycles. The molecular weight excluding hydrogens is 218 g/mol. The summed E-state index contributed by atoms with van der Waals surface area (Å²) < 4.78 is 0. The summed E-state index contributed by atoms with van der Waals surface area (Å²) in [5, 5.41) is 20.9. The Kier molecular flexibility index (Phi) is 2.98. The van der Waals surface area contributed by atoms with Crippen molar-refractivity contribution in [3.8, 4) is 6.07 Å². The minimum Gasteiger partial charge on any atom is -0.480 e. The summed E-state index contributed by atoms with van der Waals surface area (Å²) >= 11 is 0. The number of nitrogens with one attached hydrogen (secondary N) is 1. The predicted octanol–water partition coefficient (Wildman–Crippen LogP) is 0.890. The molecule has 0 spiro atoms. The van der Waals surface area contributed by atoms with Crippen molar-refractivity contribution in [1.29, 1.82) is 5.26 Å². The number of carboxylic acids is 1. The lowest BCUT2D eigenvalue weighted by atomic mass is 9.89. The highest BCUT2D eigenvalue weighted by molar-refractivity contribution is 5.73. The molecule has 2 rings (SSSR count). The van der Waals surface area contributed by atoms with Crippen LogP contribution in [0.25, 0.3) is 0 Å². The van der Waals surface area contributed by atoms with Crippen LogP contribution in [0.2, 0.25) is 0 Å². The largest absolute Gasteiger partial charge is 0.480 e. The normalized spacial score (nSPS) is 23.3. The zero-order valence-electron chi connectivity index (χ0n) is 9.13. The van der Waals surface area contributed by atoms with Crippen LogP contribution < -0.4 is 11.1 Å². The molecule has 0 bridgehead atoms. The molecule has 0 fully saturated rings. The van der Waals surface area contributed by atoms with Gasteiger partial charge in [0.2, 0.25) is 0 Å². The standard InChI is InChI=1S/C12H13N3O2/c13-6-11-8(5-9(14)12(16)17)7-3-1-2-4-10(7)15-11/h1-4,8-9,11,15H,5,14H2,(H,16,17)/t8-,9?,11-/m1/s1. The van der Waals surface area contributed by atoms with Gasteiger partial charge in [-0.15, -0.1) is 0 Å². The Hall–Kier alpha value is -2.06. The van der Waals surface area contributed by atoms with Crippen molar-refractivity contribution >= 4 is 11.7 Å². The zero-order chi connectivity index (χ0) is 12.4. The van der Waals surface area contributed by atoms with Gasteiger partial charge in [0.1, 0.15) is 12.1 Å². The first-order chi connectivity index (χ1) is 8.13. The number of nitrogens with zero attached hydrogens (tertiary/aromatic N) is 1. The van der Waals surface area contributed by atoms with E-state index in [-0.39, 0.29) is 12.3 Å². The van der Waals surface area contributed by atoms with E-state index in [1.807, 2.05) is 24.3 Å². The molecule has 4 N–H and O–H groups in total. The summed E-state index contributed by atoms with van der Waals surface area (Å²) in [7, 11) is 0. The van der Waals surface area contributed by atoms with E-state index in [2.05, 4.69) is 11.4 Å². The number of nitrogens with two attached hydrogens (primary N) is 1. The van der Waals surface area contributed by atoms with Gasteiger partial charge in [0.15, 0.2) is 0 Å². The van der Waals surface area contributed by atoms with Crippen molar-refractivity contribution in [3.05, 3.63) is 29.8 Å². The van der Waals surface area contributed by atoms with Crippen LogP contribution in [0.5, 0.6) is 0 Å². The van der Waals surface area contributed by atoms with Crippen LogP contribution in [0.1, 0.15) is 17.9 Å². The van der Waals surface area contributed by atoms with Gasteiger partial charge in [0.05, 0.1) is 6.07 Å². The van der Waals surface area contributed by atoms with Gasteiger partial charge in [-0.2, -0.15) is 5.26 Å². The van der Waals surface area contributed by atoms with Crippen LogP contribution in [0.4, 0.5) is 5.69 Å². The molecule has 1 heterocycles. The highest BCUT2D eigenvalue weighted by Crippen LogP contribution is 2.38. The quantitative estimate of drug-likeness (QED) is 0.717. The number of benzene rings is 1. The Bertz CT molecular complexity index is 481. The smallest absolute Gasteiger partial charge is 0.320 e.